The van der Waals surface area contributed by atoms with Crippen molar-refractivity contribution < 1.29 is 36.2 Å². The van der Waals surface area contributed by atoms with Gasteiger partial charge in [-0.15, -0.1) is 11.8 Å². The number of fused-ring (bicyclic) bond motifs is 1. The highest BCUT2D eigenvalue weighted by Gasteiger charge is 2.57. The van der Waals surface area contributed by atoms with E-state index in [2.05, 4.69) is 4.72 Å². The van der Waals surface area contributed by atoms with E-state index in [1.807, 2.05) is 6.92 Å². The second-order valence-electron chi connectivity index (χ2n) is 11.5. The average molecular weight is 656 g/mol. The molecule has 1 unspecified atom stereocenters. The van der Waals surface area contributed by atoms with Crippen LogP contribution in [0.25, 0.3) is 0 Å². The maximum Gasteiger partial charge on any atom is 0.417 e. The molecule has 0 heterocycles. The van der Waals surface area contributed by atoms with Crippen LogP contribution in [0.3, 0.4) is 0 Å². The Morgan fingerprint density at radius 2 is 1.74 bits per heavy atom. The Hall–Kier alpha value is -2.57. The maximum atomic E-state index is 14.4. The molecule has 43 heavy (non-hydrogen) atoms. The van der Waals surface area contributed by atoms with Gasteiger partial charge in [0.1, 0.15) is 6.10 Å². The highest BCUT2D eigenvalue weighted by molar-refractivity contribution is 7.98. The molecule has 0 saturated heterocycles. The van der Waals surface area contributed by atoms with Gasteiger partial charge in [0.15, 0.2) is 5.60 Å². The van der Waals surface area contributed by atoms with Gasteiger partial charge in [-0.1, -0.05) is 73.5 Å². The van der Waals surface area contributed by atoms with Crippen LogP contribution in [0.5, 0.6) is 0 Å². The number of nitrogens with one attached hydrogen (secondary N) is 1. The molecule has 0 fully saturated rings. The second kappa shape index (κ2) is 12.4. The number of rotatable bonds is 10. The molecular weight excluding hydrogens is 623 g/mol. The summed E-state index contributed by atoms with van der Waals surface area (Å²) >= 11 is 7.39. The molecule has 1 aliphatic rings. The minimum atomic E-state index is -5.17. The van der Waals surface area contributed by atoms with Crippen molar-refractivity contribution >= 4 is 39.4 Å². The molecule has 12 heteroatoms. The number of ether oxygens (including phenoxy) is 1. The number of carbonyl (C=O) groups is 1. The summed E-state index contributed by atoms with van der Waals surface area (Å²) in [5.41, 5.74) is -2.00. The third-order valence-corrected chi connectivity index (χ3v) is 10.1. The highest BCUT2D eigenvalue weighted by Crippen LogP contribution is 2.46. The van der Waals surface area contributed by atoms with Crippen LogP contribution >= 0.6 is 23.4 Å². The van der Waals surface area contributed by atoms with Crippen molar-refractivity contribution in [3.63, 3.8) is 0 Å². The van der Waals surface area contributed by atoms with Gasteiger partial charge in [0.05, 0.1) is 17.4 Å². The van der Waals surface area contributed by atoms with Gasteiger partial charge >= 0.3 is 12.1 Å². The molecule has 0 aromatic heterocycles. The molecule has 6 nitrogen and oxygen atoms in total. The minimum Gasteiger partial charge on any atom is -0.460 e. The van der Waals surface area contributed by atoms with Gasteiger partial charge in [-0.2, -0.15) is 17.9 Å². The predicted octanol–water partition coefficient (Wildman–Crippen LogP) is 6.91. The number of esters is 1. The van der Waals surface area contributed by atoms with Crippen molar-refractivity contribution in [1.82, 2.24) is 4.72 Å². The molecule has 3 aromatic carbocycles. The van der Waals surface area contributed by atoms with Crippen LogP contribution in [-0.4, -0.2) is 43.6 Å². The molecule has 3 atom stereocenters. The molecule has 1 aliphatic carbocycles. The molecule has 0 bridgehead atoms. The van der Waals surface area contributed by atoms with Gasteiger partial charge in [-0.3, -0.25) is 4.79 Å². The zero-order valence-corrected chi connectivity index (χ0v) is 26.4. The molecule has 2 N–H and O–H groups in total. The van der Waals surface area contributed by atoms with E-state index in [1.165, 1.54) is 23.9 Å². The summed E-state index contributed by atoms with van der Waals surface area (Å²) in [6.45, 7) is 4.93. The van der Waals surface area contributed by atoms with Crippen molar-refractivity contribution in [2.24, 2.45) is 0 Å². The summed E-state index contributed by atoms with van der Waals surface area (Å²) in [6, 6.07) is 16.8. The fraction of sp³-hybridized carbons (Fsp3) is 0.387. The number of hydrogen-bond acceptors (Lipinski definition) is 6. The molecule has 0 radical (unpaired) electrons. The molecule has 0 saturated carbocycles. The Kier molecular flexibility index (Phi) is 9.64. The number of sulfonamides is 1. The van der Waals surface area contributed by atoms with Crippen LogP contribution in [0.1, 0.15) is 55.0 Å². The van der Waals surface area contributed by atoms with E-state index in [9.17, 15) is 31.5 Å². The van der Waals surface area contributed by atoms with E-state index >= 15 is 0 Å². The van der Waals surface area contributed by atoms with E-state index < -0.39 is 58.2 Å². The zero-order chi connectivity index (χ0) is 31.8. The SMILES string of the molecule is CSc1cc(Cl)ccc1C(C)(C)CC(O)(CC(=O)O[C@@H]1Cc2ccccc2[C@@H]1NS(=O)(=O)c1ccc(C)cc1)C(F)(F)F. The number of benzene rings is 3. The van der Waals surface area contributed by atoms with Gasteiger partial charge < -0.3 is 9.84 Å². The average Bonchev–Trinajstić information content (AvgIpc) is 3.23. The third-order valence-electron chi connectivity index (χ3n) is 7.67. The van der Waals surface area contributed by atoms with Crippen molar-refractivity contribution in [1.29, 1.82) is 0 Å². The fourth-order valence-electron chi connectivity index (χ4n) is 5.52. The number of aliphatic hydroxyl groups is 1. The Bertz CT molecular complexity index is 1600. The first-order chi connectivity index (χ1) is 20.0. The highest BCUT2D eigenvalue weighted by atomic mass is 35.5. The third kappa shape index (κ3) is 7.39. The lowest BCUT2D eigenvalue weighted by molar-refractivity contribution is -0.270. The fourth-order valence-corrected chi connectivity index (χ4v) is 7.81. The van der Waals surface area contributed by atoms with Crippen LogP contribution in [0, 0.1) is 6.92 Å². The van der Waals surface area contributed by atoms with Crippen LogP contribution in [0.15, 0.2) is 76.5 Å². The van der Waals surface area contributed by atoms with Crippen molar-refractivity contribution in [3.8, 4) is 0 Å². The van der Waals surface area contributed by atoms with Crippen LogP contribution in [-0.2, 0) is 31.4 Å². The number of aryl methyl sites for hydroxylation is 1. The summed E-state index contributed by atoms with van der Waals surface area (Å²) in [5.74, 6) is -1.30. The number of carbonyl (C=O) groups excluding carboxylic acids is 1. The van der Waals surface area contributed by atoms with Crippen LogP contribution in [0.2, 0.25) is 5.02 Å². The standard InChI is InChI=1S/C31H33ClF3NO5S2/c1-19-9-12-22(13-10-19)43(39,40)36-28-23-8-6-5-7-20(23)15-25(28)41-27(37)17-30(38,31(33,34)35)18-29(2,3)24-14-11-21(32)16-26(24)42-4/h5-14,16,25,28,36,38H,15,17-18H2,1-4H3/t25-,28+,30?/m1/s1. The van der Waals surface area contributed by atoms with Gasteiger partial charge in [-0.25, -0.2) is 8.42 Å². The summed E-state index contributed by atoms with van der Waals surface area (Å²) < 4.78 is 77.8. The Labute approximate surface area is 259 Å². The smallest absolute Gasteiger partial charge is 0.417 e. The number of hydrogen-bond donors (Lipinski definition) is 2. The molecule has 0 spiro atoms. The first kappa shape index (κ1) is 33.3. The molecule has 3 aromatic rings. The van der Waals surface area contributed by atoms with Crippen molar-refractivity contribution in [3.05, 3.63) is 94.0 Å². The lowest BCUT2D eigenvalue weighted by atomic mass is 9.74. The molecule has 4 rings (SSSR count). The van der Waals surface area contributed by atoms with E-state index in [-0.39, 0.29) is 11.3 Å². The Balaban J connectivity index is 1.58. The van der Waals surface area contributed by atoms with E-state index in [4.69, 9.17) is 16.3 Å². The summed E-state index contributed by atoms with van der Waals surface area (Å²) in [6.07, 6.45) is -6.65. The van der Waals surface area contributed by atoms with Crippen molar-refractivity contribution in [2.75, 3.05) is 6.26 Å². The predicted molar refractivity (Wildman–Crippen MR) is 161 cm³/mol. The first-order valence-electron chi connectivity index (χ1n) is 13.5. The van der Waals surface area contributed by atoms with Crippen LogP contribution < -0.4 is 4.72 Å². The lowest BCUT2D eigenvalue weighted by Gasteiger charge is -2.38. The monoisotopic (exact) mass is 655 g/mol. The number of thioether (sulfide) groups is 1. The molecule has 0 amide bonds. The van der Waals surface area contributed by atoms with E-state index in [1.54, 1.807) is 74.7 Å². The lowest BCUT2D eigenvalue weighted by Crippen LogP contribution is -2.51. The molecule has 232 valence electrons. The molecule has 0 aliphatic heterocycles. The largest absolute Gasteiger partial charge is 0.460 e. The summed E-state index contributed by atoms with van der Waals surface area (Å²) in [7, 11) is -4.08. The summed E-state index contributed by atoms with van der Waals surface area (Å²) in [5, 5.41) is 11.5. The Morgan fingerprint density at radius 3 is 2.37 bits per heavy atom. The maximum absolute atomic E-state index is 14.4. The second-order valence-corrected chi connectivity index (χ2v) is 14.5. The minimum absolute atomic E-state index is 0.00644. The van der Waals surface area contributed by atoms with E-state index in [0.29, 0.717) is 26.6 Å². The topological polar surface area (TPSA) is 92.7 Å². The first-order valence-corrected chi connectivity index (χ1v) is 16.5. The number of halogens is 4. The molecular formula is C31H33ClF3NO5S2. The normalized spacial score (nSPS) is 18.6. The zero-order valence-electron chi connectivity index (χ0n) is 24.0. The number of alkyl halides is 3. The Morgan fingerprint density at radius 1 is 1.09 bits per heavy atom. The van der Waals surface area contributed by atoms with Crippen molar-refractivity contribution in [2.45, 2.75) is 79.2 Å². The quantitative estimate of drug-likeness (QED) is 0.182. The van der Waals surface area contributed by atoms with Gasteiger partial charge in [0.25, 0.3) is 0 Å². The van der Waals surface area contributed by atoms with Gasteiger partial charge in [0.2, 0.25) is 10.0 Å². The summed E-state index contributed by atoms with van der Waals surface area (Å²) in [4.78, 5) is 13.8. The van der Waals surface area contributed by atoms with Gasteiger partial charge in [0, 0.05) is 16.3 Å². The van der Waals surface area contributed by atoms with Gasteiger partial charge in [-0.05, 0) is 66.0 Å². The van der Waals surface area contributed by atoms with E-state index in [0.717, 1.165) is 5.56 Å². The van der Waals surface area contributed by atoms with Crippen LogP contribution in [0.4, 0.5) is 13.2 Å².